The molecule has 0 atom stereocenters. The van der Waals surface area contributed by atoms with E-state index in [0.717, 1.165) is 18.9 Å². The highest BCUT2D eigenvalue weighted by Crippen LogP contribution is 2.14. The largest absolute Gasteiger partial charge is 0.450 e. The van der Waals surface area contributed by atoms with Gasteiger partial charge in [-0.3, -0.25) is 4.79 Å². The van der Waals surface area contributed by atoms with Gasteiger partial charge in [0.2, 0.25) is 0 Å². The molecule has 3 rings (SSSR count). The van der Waals surface area contributed by atoms with Crippen LogP contribution in [-0.4, -0.2) is 71.1 Å². The molecule has 1 aromatic heterocycles. The van der Waals surface area contributed by atoms with Gasteiger partial charge in [0.1, 0.15) is 11.5 Å². The lowest BCUT2D eigenvalue weighted by molar-refractivity contribution is 0.0565. The van der Waals surface area contributed by atoms with E-state index < -0.39 is 0 Å². The minimum atomic E-state index is -0.332. The molecule has 0 saturated carbocycles. The maximum Gasteiger partial charge on any atom is 0.409 e. The van der Waals surface area contributed by atoms with Gasteiger partial charge in [0.25, 0.3) is 5.91 Å². The first-order valence-electron chi connectivity index (χ1n) is 9.94. The molecule has 2 amide bonds. The van der Waals surface area contributed by atoms with Crippen molar-refractivity contribution in [1.29, 1.82) is 0 Å². The van der Waals surface area contributed by atoms with Crippen molar-refractivity contribution >= 4 is 17.8 Å². The third-order valence-electron chi connectivity index (χ3n) is 4.87. The molecule has 154 valence electrons. The molecule has 29 heavy (non-hydrogen) atoms. The summed E-state index contributed by atoms with van der Waals surface area (Å²) in [7, 11) is 0. The molecule has 8 nitrogen and oxygen atoms in total. The number of anilines is 1. The van der Waals surface area contributed by atoms with Crippen molar-refractivity contribution in [1.82, 2.24) is 19.8 Å². The normalized spacial score (nSPS) is 13.9. The van der Waals surface area contributed by atoms with Crippen LogP contribution in [0.5, 0.6) is 0 Å². The first-order valence-corrected chi connectivity index (χ1v) is 9.94. The molecule has 0 radical (unpaired) electrons. The molecular formula is C21H27N5O3. The van der Waals surface area contributed by atoms with Crippen LogP contribution in [0, 0.1) is 0 Å². The summed E-state index contributed by atoms with van der Waals surface area (Å²) in [4.78, 5) is 38.7. The van der Waals surface area contributed by atoms with Gasteiger partial charge in [0.15, 0.2) is 0 Å². The third kappa shape index (κ3) is 5.22. The molecule has 1 aromatic carbocycles. The first kappa shape index (κ1) is 20.6. The van der Waals surface area contributed by atoms with Gasteiger partial charge in [-0.15, -0.1) is 0 Å². The number of hydrogen-bond donors (Lipinski definition) is 0. The van der Waals surface area contributed by atoms with E-state index in [1.54, 1.807) is 22.9 Å². The van der Waals surface area contributed by atoms with Crippen LogP contribution in [0.4, 0.5) is 10.6 Å². The molecule has 0 bridgehead atoms. The van der Waals surface area contributed by atoms with Gasteiger partial charge in [-0.2, -0.15) is 0 Å². The molecule has 8 heteroatoms. The fraction of sp³-hybridized carbons (Fsp3) is 0.429. The van der Waals surface area contributed by atoms with E-state index >= 15 is 0 Å². The van der Waals surface area contributed by atoms with Crippen molar-refractivity contribution in [2.24, 2.45) is 0 Å². The van der Waals surface area contributed by atoms with Crippen molar-refractivity contribution < 1.29 is 14.3 Å². The molecule has 2 heterocycles. The van der Waals surface area contributed by atoms with E-state index in [1.165, 1.54) is 11.8 Å². The predicted molar refractivity (Wildman–Crippen MR) is 110 cm³/mol. The van der Waals surface area contributed by atoms with Gasteiger partial charge >= 0.3 is 6.09 Å². The number of carbonyl (C=O) groups excluding carboxylic acids is 2. The van der Waals surface area contributed by atoms with Gasteiger partial charge < -0.3 is 19.4 Å². The number of ether oxygens (including phenoxy) is 1. The van der Waals surface area contributed by atoms with Gasteiger partial charge in [-0.1, -0.05) is 30.3 Å². The maximum absolute atomic E-state index is 12.7. The topological polar surface area (TPSA) is 78.9 Å². The van der Waals surface area contributed by atoms with Crippen molar-refractivity contribution in [3.8, 4) is 0 Å². The number of carbonyl (C=O) groups is 2. The fourth-order valence-corrected chi connectivity index (χ4v) is 3.22. The second-order valence-electron chi connectivity index (χ2n) is 6.74. The summed E-state index contributed by atoms with van der Waals surface area (Å²) in [5.41, 5.74) is 1.50. The Kier molecular flexibility index (Phi) is 6.99. The number of piperazine rings is 1. The van der Waals surface area contributed by atoms with Crippen LogP contribution < -0.4 is 4.90 Å². The molecule has 1 saturated heterocycles. The Morgan fingerprint density at radius 3 is 2.28 bits per heavy atom. The summed E-state index contributed by atoms with van der Waals surface area (Å²) in [6.45, 7) is 7.52. The average Bonchev–Trinajstić information content (AvgIpc) is 2.78. The number of rotatable bonds is 6. The van der Waals surface area contributed by atoms with Crippen LogP contribution in [-0.2, 0) is 11.3 Å². The number of aromatic nitrogens is 2. The summed E-state index contributed by atoms with van der Waals surface area (Å²) in [6.07, 6.45) is 2.85. The maximum atomic E-state index is 12.7. The van der Waals surface area contributed by atoms with Crippen LogP contribution >= 0.6 is 0 Å². The molecule has 0 aliphatic carbocycles. The summed E-state index contributed by atoms with van der Waals surface area (Å²) >= 11 is 0. The Hall–Kier alpha value is -3.16. The molecule has 1 fully saturated rings. The van der Waals surface area contributed by atoms with Gasteiger partial charge in [0.05, 0.1) is 19.0 Å². The third-order valence-corrected chi connectivity index (χ3v) is 4.87. The van der Waals surface area contributed by atoms with Crippen molar-refractivity contribution in [3.63, 3.8) is 0 Å². The Morgan fingerprint density at radius 2 is 1.69 bits per heavy atom. The Labute approximate surface area is 171 Å². The lowest BCUT2D eigenvalue weighted by atomic mass is 10.2. The van der Waals surface area contributed by atoms with E-state index in [1.807, 2.05) is 18.2 Å². The van der Waals surface area contributed by atoms with E-state index in [0.29, 0.717) is 38.5 Å². The van der Waals surface area contributed by atoms with Gasteiger partial charge in [-0.25, -0.2) is 14.8 Å². The molecule has 1 aliphatic rings. The average molecular weight is 397 g/mol. The quantitative estimate of drug-likeness (QED) is 0.745. The molecule has 0 spiro atoms. The van der Waals surface area contributed by atoms with E-state index in [4.69, 9.17) is 4.74 Å². The predicted octanol–water partition coefficient (Wildman–Crippen LogP) is 2.42. The molecule has 0 unspecified atom stereocenters. The zero-order valence-electron chi connectivity index (χ0n) is 17.0. The number of amides is 2. The van der Waals surface area contributed by atoms with Crippen LogP contribution in [0.15, 0.2) is 42.7 Å². The number of benzene rings is 1. The van der Waals surface area contributed by atoms with Crippen molar-refractivity contribution in [2.45, 2.75) is 20.4 Å². The molecule has 0 N–H and O–H groups in total. The first-order chi connectivity index (χ1) is 14.1. The minimum Gasteiger partial charge on any atom is -0.450 e. The van der Waals surface area contributed by atoms with Crippen molar-refractivity contribution in [2.75, 3.05) is 44.2 Å². The molecular weight excluding hydrogens is 370 g/mol. The zero-order chi connectivity index (χ0) is 20.6. The van der Waals surface area contributed by atoms with Gasteiger partial charge in [-0.05, 0) is 19.4 Å². The van der Waals surface area contributed by atoms with E-state index in [-0.39, 0.29) is 12.0 Å². The SMILES string of the molecule is CCOC(=O)N1CCN(C(=O)c2cnc(N(CC)Cc3ccccc3)cn2)CC1. The zero-order valence-corrected chi connectivity index (χ0v) is 17.0. The highest BCUT2D eigenvalue weighted by Gasteiger charge is 2.26. The Morgan fingerprint density at radius 1 is 1.00 bits per heavy atom. The van der Waals surface area contributed by atoms with Crippen LogP contribution in [0.2, 0.25) is 0 Å². The van der Waals surface area contributed by atoms with Crippen LogP contribution in [0.1, 0.15) is 29.9 Å². The van der Waals surface area contributed by atoms with Crippen molar-refractivity contribution in [3.05, 3.63) is 54.0 Å². The molecule has 2 aromatic rings. The van der Waals surface area contributed by atoms with Crippen LogP contribution in [0.3, 0.4) is 0 Å². The summed E-state index contributed by atoms with van der Waals surface area (Å²) in [5.74, 6) is 0.568. The second kappa shape index (κ2) is 9.86. The Balaban J connectivity index is 1.59. The summed E-state index contributed by atoms with van der Waals surface area (Å²) in [5, 5.41) is 0. The Bertz CT molecular complexity index is 805. The van der Waals surface area contributed by atoms with E-state index in [2.05, 4.69) is 33.9 Å². The number of hydrogen-bond acceptors (Lipinski definition) is 6. The standard InChI is InChI=1S/C21H27N5O3/c1-3-24(16-17-8-6-5-7-9-17)19-15-22-18(14-23-19)20(27)25-10-12-26(13-11-25)21(28)29-4-2/h5-9,14-15H,3-4,10-13,16H2,1-2H3. The lowest BCUT2D eigenvalue weighted by Gasteiger charge is -2.33. The summed E-state index contributed by atoms with van der Waals surface area (Å²) < 4.78 is 5.01. The highest BCUT2D eigenvalue weighted by molar-refractivity contribution is 5.92. The smallest absolute Gasteiger partial charge is 0.409 e. The van der Waals surface area contributed by atoms with Crippen LogP contribution in [0.25, 0.3) is 0 Å². The minimum absolute atomic E-state index is 0.168. The highest BCUT2D eigenvalue weighted by atomic mass is 16.6. The van der Waals surface area contributed by atoms with Gasteiger partial charge in [0, 0.05) is 39.3 Å². The monoisotopic (exact) mass is 397 g/mol. The fourth-order valence-electron chi connectivity index (χ4n) is 3.22. The second-order valence-corrected chi connectivity index (χ2v) is 6.74. The molecule has 1 aliphatic heterocycles. The van der Waals surface area contributed by atoms with E-state index in [9.17, 15) is 9.59 Å². The lowest BCUT2D eigenvalue weighted by Crippen LogP contribution is -2.50. The summed E-state index contributed by atoms with van der Waals surface area (Å²) in [6, 6.07) is 10.2. The number of nitrogens with zero attached hydrogens (tertiary/aromatic N) is 5.